The Morgan fingerprint density at radius 1 is 1.25 bits per heavy atom. The summed E-state index contributed by atoms with van der Waals surface area (Å²) in [5.41, 5.74) is 0.288. The number of aromatic nitrogens is 1. The van der Waals surface area contributed by atoms with E-state index in [-0.39, 0.29) is 33.2 Å². The van der Waals surface area contributed by atoms with E-state index in [2.05, 4.69) is 9.88 Å². The average Bonchev–Trinajstić information content (AvgIpc) is 3.02. The maximum atomic E-state index is 12.7. The van der Waals surface area contributed by atoms with Crippen molar-refractivity contribution in [2.45, 2.75) is 56.5 Å². The lowest BCUT2D eigenvalue weighted by atomic mass is 9.90. The predicted octanol–water partition coefficient (Wildman–Crippen LogP) is 1.58. The van der Waals surface area contributed by atoms with Crippen molar-refractivity contribution in [1.29, 1.82) is 0 Å². The van der Waals surface area contributed by atoms with Gasteiger partial charge in [-0.25, -0.2) is 13.1 Å². The van der Waals surface area contributed by atoms with Crippen LogP contribution in [0, 0.1) is 13.8 Å². The summed E-state index contributed by atoms with van der Waals surface area (Å²) in [6.07, 6.45) is 2.88. The van der Waals surface area contributed by atoms with E-state index in [0.717, 1.165) is 24.6 Å². The molecule has 1 aliphatic carbocycles. The van der Waals surface area contributed by atoms with Gasteiger partial charge in [0.1, 0.15) is 10.6 Å². The van der Waals surface area contributed by atoms with Crippen molar-refractivity contribution in [3.05, 3.63) is 11.5 Å². The van der Waals surface area contributed by atoms with Crippen LogP contribution in [0.2, 0.25) is 0 Å². The molecule has 10 heteroatoms. The highest BCUT2D eigenvalue weighted by molar-refractivity contribution is 8.14. The maximum absolute atomic E-state index is 12.7. The Labute approximate surface area is 144 Å². The maximum Gasteiger partial charge on any atom is 0.289 e. The molecule has 1 aromatic rings. The van der Waals surface area contributed by atoms with Crippen molar-refractivity contribution in [3.8, 4) is 0 Å². The summed E-state index contributed by atoms with van der Waals surface area (Å²) in [4.78, 5) is 25.3. The Kier molecular flexibility index (Phi) is 4.71. The second-order valence-corrected chi connectivity index (χ2v) is 8.63. The molecule has 1 N–H and O–H groups in total. The van der Waals surface area contributed by atoms with Crippen molar-refractivity contribution in [2.75, 3.05) is 5.75 Å². The lowest BCUT2D eigenvalue weighted by Gasteiger charge is -2.36. The van der Waals surface area contributed by atoms with Crippen LogP contribution in [0.5, 0.6) is 0 Å². The molecule has 1 saturated heterocycles. The second kappa shape index (κ2) is 6.49. The van der Waals surface area contributed by atoms with Gasteiger partial charge in [-0.05, 0) is 26.7 Å². The minimum Gasteiger partial charge on any atom is -0.360 e. The SMILES string of the molecule is Cc1noc(C)c1S(=O)(=O)N[C@@H]1CCCC[C@H]1N1C(=O)CSC1=O. The topological polar surface area (TPSA) is 110 Å². The van der Waals surface area contributed by atoms with Crippen LogP contribution >= 0.6 is 11.8 Å². The zero-order valence-electron chi connectivity index (χ0n) is 13.4. The summed E-state index contributed by atoms with van der Waals surface area (Å²) in [7, 11) is -3.84. The van der Waals surface area contributed by atoms with Crippen LogP contribution in [0.25, 0.3) is 0 Å². The molecule has 2 amide bonds. The standard InChI is InChI=1S/C14H19N3O5S2/c1-8-13(9(2)22-15-8)24(20,21)16-10-5-3-4-6-11(10)17-12(18)7-23-14(17)19/h10-11,16H,3-7H2,1-2H3/t10-,11-/m1/s1. The van der Waals surface area contributed by atoms with Crippen molar-refractivity contribution < 1.29 is 22.5 Å². The summed E-state index contributed by atoms with van der Waals surface area (Å²) in [6.45, 7) is 3.10. The molecule has 24 heavy (non-hydrogen) atoms. The summed E-state index contributed by atoms with van der Waals surface area (Å²) >= 11 is 0.965. The molecule has 0 spiro atoms. The van der Waals surface area contributed by atoms with Gasteiger partial charge < -0.3 is 4.52 Å². The van der Waals surface area contributed by atoms with Crippen LogP contribution < -0.4 is 4.72 Å². The van der Waals surface area contributed by atoms with Gasteiger partial charge in [-0.15, -0.1) is 0 Å². The number of imide groups is 1. The fraction of sp³-hybridized carbons (Fsp3) is 0.643. The Balaban J connectivity index is 1.87. The average molecular weight is 373 g/mol. The van der Waals surface area contributed by atoms with Crippen molar-refractivity contribution >= 4 is 32.9 Å². The molecule has 0 bridgehead atoms. The van der Waals surface area contributed by atoms with E-state index >= 15 is 0 Å². The molecule has 2 fully saturated rings. The van der Waals surface area contributed by atoms with Crippen LogP contribution in [0.3, 0.4) is 0 Å². The predicted molar refractivity (Wildman–Crippen MR) is 87.0 cm³/mol. The first-order valence-electron chi connectivity index (χ1n) is 7.75. The number of amides is 2. The van der Waals surface area contributed by atoms with E-state index in [1.54, 1.807) is 6.92 Å². The third-order valence-electron chi connectivity index (χ3n) is 4.39. The lowest BCUT2D eigenvalue weighted by molar-refractivity contribution is -0.127. The van der Waals surface area contributed by atoms with Gasteiger partial charge in [-0.1, -0.05) is 29.8 Å². The zero-order chi connectivity index (χ0) is 17.5. The van der Waals surface area contributed by atoms with Gasteiger partial charge in [0.2, 0.25) is 15.9 Å². The van der Waals surface area contributed by atoms with E-state index in [0.29, 0.717) is 12.8 Å². The number of sulfonamides is 1. The molecule has 1 aliphatic heterocycles. The highest BCUT2D eigenvalue weighted by atomic mass is 32.2. The van der Waals surface area contributed by atoms with Gasteiger partial charge >= 0.3 is 0 Å². The largest absolute Gasteiger partial charge is 0.360 e. The fourth-order valence-corrected chi connectivity index (χ4v) is 5.75. The van der Waals surface area contributed by atoms with Crippen molar-refractivity contribution in [2.24, 2.45) is 0 Å². The molecular weight excluding hydrogens is 354 g/mol. The number of thioether (sulfide) groups is 1. The molecule has 1 saturated carbocycles. The third-order valence-corrected chi connectivity index (χ3v) is 6.96. The van der Waals surface area contributed by atoms with E-state index in [4.69, 9.17) is 4.52 Å². The number of nitrogens with zero attached hydrogens (tertiary/aromatic N) is 2. The van der Waals surface area contributed by atoms with E-state index in [1.807, 2.05) is 0 Å². The van der Waals surface area contributed by atoms with Crippen LogP contribution in [-0.2, 0) is 14.8 Å². The smallest absolute Gasteiger partial charge is 0.289 e. The number of carbonyl (C=O) groups excluding carboxylic acids is 2. The Hall–Kier alpha value is -1.39. The molecule has 3 rings (SSSR count). The van der Waals surface area contributed by atoms with Crippen LogP contribution in [0.4, 0.5) is 4.79 Å². The van der Waals surface area contributed by atoms with E-state index < -0.39 is 22.1 Å². The molecule has 2 heterocycles. The van der Waals surface area contributed by atoms with Crippen LogP contribution in [0.1, 0.15) is 37.1 Å². The Bertz CT molecular complexity index is 738. The molecule has 0 unspecified atom stereocenters. The number of nitrogens with one attached hydrogen (secondary N) is 1. The van der Waals surface area contributed by atoms with Gasteiger partial charge in [0.25, 0.3) is 5.24 Å². The summed E-state index contributed by atoms with van der Waals surface area (Å²) in [5.74, 6) is 0.0910. The lowest BCUT2D eigenvalue weighted by Crippen LogP contribution is -2.54. The van der Waals surface area contributed by atoms with Gasteiger partial charge in [0, 0.05) is 6.04 Å². The highest BCUT2D eigenvalue weighted by Crippen LogP contribution is 2.31. The van der Waals surface area contributed by atoms with Crippen molar-refractivity contribution in [3.63, 3.8) is 0 Å². The van der Waals surface area contributed by atoms with Gasteiger partial charge in [-0.2, -0.15) is 0 Å². The van der Waals surface area contributed by atoms with Crippen molar-refractivity contribution in [1.82, 2.24) is 14.8 Å². The minimum absolute atomic E-state index is 0.0280. The zero-order valence-corrected chi connectivity index (χ0v) is 15.1. The van der Waals surface area contributed by atoms with E-state index in [9.17, 15) is 18.0 Å². The third kappa shape index (κ3) is 3.09. The first-order chi connectivity index (χ1) is 11.3. The first-order valence-corrected chi connectivity index (χ1v) is 10.2. The van der Waals surface area contributed by atoms with Crippen LogP contribution in [-0.4, -0.2) is 47.5 Å². The van der Waals surface area contributed by atoms with Gasteiger partial charge in [0.05, 0.1) is 11.8 Å². The normalized spacial score (nSPS) is 25.5. The molecule has 8 nitrogen and oxygen atoms in total. The van der Waals surface area contributed by atoms with E-state index in [1.165, 1.54) is 11.8 Å². The number of carbonyl (C=O) groups is 2. The summed E-state index contributed by atoms with van der Waals surface area (Å²) in [5, 5.41) is 3.38. The molecular formula is C14H19N3O5S2. The Morgan fingerprint density at radius 2 is 1.96 bits per heavy atom. The molecule has 1 aromatic heterocycles. The number of rotatable bonds is 4. The monoisotopic (exact) mass is 373 g/mol. The summed E-state index contributed by atoms with van der Waals surface area (Å²) in [6, 6.07) is -0.937. The highest BCUT2D eigenvalue weighted by Gasteiger charge is 2.42. The minimum atomic E-state index is -3.84. The van der Waals surface area contributed by atoms with Gasteiger partial charge in [0.15, 0.2) is 5.76 Å². The molecule has 0 radical (unpaired) electrons. The second-order valence-electron chi connectivity index (χ2n) is 6.05. The fourth-order valence-electron chi connectivity index (χ4n) is 3.36. The Morgan fingerprint density at radius 3 is 2.54 bits per heavy atom. The molecule has 2 aliphatic rings. The van der Waals surface area contributed by atoms with Crippen LogP contribution in [0.15, 0.2) is 9.42 Å². The first kappa shape index (κ1) is 17.4. The molecule has 132 valence electrons. The number of hydrogen-bond acceptors (Lipinski definition) is 7. The quantitative estimate of drug-likeness (QED) is 0.853. The summed E-state index contributed by atoms with van der Waals surface area (Å²) < 4.78 is 33.0. The molecule has 0 aromatic carbocycles. The molecule has 2 atom stereocenters. The number of hydrogen-bond donors (Lipinski definition) is 1. The number of aryl methyl sites for hydroxylation is 2. The van der Waals surface area contributed by atoms with Gasteiger partial charge in [-0.3, -0.25) is 14.5 Å².